The van der Waals surface area contributed by atoms with E-state index in [4.69, 9.17) is 0 Å². The van der Waals surface area contributed by atoms with Crippen LogP contribution in [0, 0.1) is 0 Å². The maximum absolute atomic E-state index is 12.9. The number of imidazole rings is 1. The fourth-order valence-electron chi connectivity index (χ4n) is 3.21. The van der Waals surface area contributed by atoms with Crippen LogP contribution in [0.25, 0.3) is 11.0 Å². The number of fused-ring (bicyclic) bond motifs is 1. The highest BCUT2D eigenvalue weighted by molar-refractivity contribution is 5.93. The Hall–Kier alpha value is -3.74. The van der Waals surface area contributed by atoms with Gasteiger partial charge in [0.05, 0.1) is 11.0 Å². The largest absolute Gasteiger partial charge is 0.352 e. The minimum Gasteiger partial charge on any atom is -0.352 e. The number of nitrogens with one attached hydrogen (secondary N) is 1. The van der Waals surface area contributed by atoms with Crippen LogP contribution in [0.1, 0.15) is 16.2 Å². The van der Waals surface area contributed by atoms with Crippen molar-refractivity contribution in [1.29, 1.82) is 0 Å². The Bertz CT molecular complexity index is 1030. The molecular weight excluding hydrogens is 378 g/mol. The van der Waals surface area contributed by atoms with E-state index in [1.165, 1.54) is 0 Å². The molecule has 0 bridgehead atoms. The van der Waals surface area contributed by atoms with Crippen LogP contribution in [0.5, 0.6) is 0 Å². The Morgan fingerprint density at radius 1 is 1.07 bits per heavy atom. The van der Waals surface area contributed by atoms with Crippen molar-refractivity contribution in [2.45, 2.75) is 13.0 Å². The molecule has 1 aromatic carbocycles. The molecular formula is C23H25N5O2. The normalized spacial score (nSPS) is 10.5. The van der Waals surface area contributed by atoms with E-state index in [-0.39, 0.29) is 18.4 Å². The third-order valence-electron chi connectivity index (χ3n) is 4.66. The van der Waals surface area contributed by atoms with E-state index in [0.29, 0.717) is 31.6 Å². The molecule has 2 aromatic heterocycles. The molecule has 2 heterocycles. The maximum Gasteiger partial charge on any atom is 0.251 e. The number of aromatic nitrogens is 3. The number of para-hydroxylation sites is 2. The van der Waals surface area contributed by atoms with Crippen molar-refractivity contribution >= 4 is 22.8 Å². The molecule has 0 aliphatic rings. The molecule has 30 heavy (non-hydrogen) atoms. The molecule has 0 aliphatic heterocycles. The number of rotatable bonds is 10. The summed E-state index contributed by atoms with van der Waals surface area (Å²) in [6.07, 6.45) is 7.06. The topological polar surface area (TPSA) is 80.1 Å². The lowest BCUT2D eigenvalue weighted by molar-refractivity contribution is -0.130. The van der Waals surface area contributed by atoms with E-state index in [2.05, 4.69) is 28.4 Å². The molecule has 7 nitrogen and oxygen atoms in total. The number of hydrogen-bond acceptors (Lipinski definition) is 4. The number of hydrogen-bond donors (Lipinski definition) is 1. The van der Waals surface area contributed by atoms with Gasteiger partial charge in [0.15, 0.2) is 0 Å². The molecule has 0 saturated heterocycles. The molecule has 0 saturated carbocycles. The molecule has 0 aliphatic carbocycles. The highest BCUT2D eigenvalue weighted by Gasteiger charge is 2.17. The molecule has 154 valence electrons. The van der Waals surface area contributed by atoms with E-state index < -0.39 is 0 Å². The lowest BCUT2D eigenvalue weighted by atomic mass is 10.2. The van der Waals surface area contributed by atoms with Gasteiger partial charge in [0.2, 0.25) is 5.91 Å². The van der Waals surface area contributed by atoms with Gasteiger partial charge in [-0.2, -0.15) is 0 Å². The Kier molecular flexibility index (Phi) is 7.10. The fraction of sp³-hybridized carbons (Fsp3) is 0.217. The molecule has 0 radical (unpaired) electrons. The maximum atomic E-state index is 12.9. The molecule has 0 atom stereocenters. The van der Waals surface area contributed by atoms with E-state index in [0.717, 1.165) is 16.9 Å². The molecule has 7 heteroatoms. The smallest absolute Gasteiger partial charge is 0.251 e. The summed E-state index contributed by atoms with van der Waals surface area (Å²) in [5, 5.41) is 2.89. The Balaban J connectivity index is 1.76. The standard InChI is InChI=1S/C23H25N5O2/c1-3-15-27(16-4-2)22(29)17-28-20-8-6-5-7-19(20)26-21(28)11-14-25-23(30)18-9-12-24-13-10-18/h3-10,12-13H,1-2,11,14-17H2,(H,25,30). The first-order valence-electron chi connectivity index (χ1n) is 9.76. The summed E-state index contributed by atoms with van der Waals surface area (Å²) in [4.78, 5) is 35.4. The van der Waals surface area contributed by atoms with Gasteiger partial charge in [0, 0.05) is 44.0 Å². The second kappa shape index (κ2) is 10.2. The Labute approximate surface area is 175 Å². The first kappa shape index (κ1) is 21.0. The molecule has 3 aromatic rings. The fourth-order valence-corrected chi connectivity index (χ4v) is 3.21. The van der Waals surface area contributed by atoms with Crippen LogP contribution in [-0.4, -0.2) is 50.9 Å². The van der Waals surface area contributed by atoms with E-state index in [9.17, 15) is 9.59 Å². The number of amides is 2. The zero-order valence-electron chi connectivity index (χ0n) is 16.8. The first-order chi connectivity index (χ1) is 14.6. The van der Waals surface area contributed by atoms with Crippen molar-refractivity contribution in [1.82, 2.24) is 24.8 Å². The van der Waals surface area contributed by atoms with Crippen molar-refractivity contribution in [3.63, 3.8) is 0 Å². The van der Waals surface area contributed by atoms with Gasteiger partial charge >= 0.3 is 0 Å². The van der Waals surface area contributed by atoms with Gasteiger partial charge in [-0.3, -0.25) is 14.6 Å². The summed E-state index contributed by atoms with van der Waals surface area (Å²) in [7, 11) is 0. The monoisotopic (exact) mass is 403 g/mol. The third kappa shape index (κ3) is 5.00. The van der Waals surface area contributed by atoms with Gasteiger partial charge in [-0.1, -0.05) is 24.3 Å². The summed E-state index contributed by atoms with van der Waals surface area (Å²) < 4.78 is 1.91. The Morgan fingerprint density at radius 3 is 2.47 bits per heavy atom. The van der Waals surface area contributed by atoms with E-state index in [1.807, 2.05) is 28.8 Å². The summed E-state index contributed by atoms with van der Waals surface area (Å²) in [6, 6.07) is 11.0. The zero-order chi connectivity index (χ0) is 21.3. The highest BCUT2D eigenvalue weighted by Crippen LogP contribution is 2.17. The highest BCUT2D eigenvalue weighted by atomic mass is 16.2. The van der Waals surface area contributed by atoms with Crippen LogP contribution in [0.4, 0.5) is 0 Å². The first-order valence-corrected chi connectivity index (χ1v) is 9.76. The van der Waals surface area contributed by atoms with E-state index >= 15 is 0 Å². The summed E-state index contributed by atoms with van der Waals surface area (Å²) in [5.74, 6) is 0.538. The van der Waals surface area contributed by atoms with Gasteiger partial charge < -0.3 is 14.8 Å². The van der Waals surface area contributed by atoms with Gasteiger partial charge in [-0.25, -0.2) is 4.98 Å². The third-order valence-corrected chi connectivity index (χ3v) is 4.66. The van der Waals surface area contributed by atoms with Crippen molar-refractivity contribution in [2.75, 3.05) is 19.6 Å². The number of pyridine rings is 1. The second-order valence-corrected chi connectivity index (χ2v) is 6.72. The van der Waals surface area contributed by atoms with Crippen LogP contribution in [0.3, 0.4) is 0 Å². The molecule has 1 N–H and O–H groups in total. The molecule has 3 rings (SSSR count). The van der Waals surface area contributed by atoms with Gasteiger partial charge in [-0.15, -0.1) is 13.2 Å². The van der Waals surface area contributed by atoms with Crippen molar-refractivity contribution < 1.29 is 9.59 Å². The number of benzene rings is 1. The minimum absolute atomic E-state index is 0.0416. The number of carbonyl (C=O) groups excluding carboxylic acids is 2. The van der Waals surface area contributed by atoms with Gasteiger partial charge in [0.25, 0.3) is 5.91 Å². The van der Waals surface area contributed by atoms with Crippen LogP contribution >= 0.6 is 0 Å². The van der Waals surface area contributed by atoms with Crippen LogP contribution in [-0.2, 0) is 17.8 Å². The lowest BCUT2D eigenvalue weighted by Crippen LogP contribution is -2.34. The predicted octanol–water partition coefficient (Wildman–Crippen LogP) is 2.60. The number of nitrogens with zero attached hydrogens (tertiary/aromatic N) is 4. The van der Waals surface area contributed by atoms with Crippen molar-refractivity contribution in [3.8, 4) is 0 Å². The van der Waals surface area contributed by atoms with Crippen molar-refractivity contribution in [2.24, 2.45) is 0 Å². The number of carbonyl (C=O) groups is 2. The average molecular weight is 403 g/mol. The second-order valence-electron chi connectivity index (χ2n) is 6.72. The van der Waals surface area contributed by atoms with E-state index in [1.54, 1.807) is 41.6 Å². The lowest BCUT2D eigenvalue weighted by Gasteiger charge is -2.20. The average Bonchev–Trinajstić information content (AvgIpc) is 3.11. The molecule has 2 amide bonds. The van der Waals surface area contributed by atoms with Gasteiger partial charge in [0.1, 0.15) is 12.4 Å². The molecule has 0 fully saturated rings. The zero-order valence-corrected chi connectivity index (χ0v) is 16.8. The Morgan fingerprint density at radius 2 is 1.77 bits per heavy atom. The SMILES string of the molecule is C=CCN(CC=C)C(=O)Cn1c(CCNC(=O)c2ccncc2)nc2ccccc21. The van der Waals surface area contributed by atoms with Crippen LogP contribution in [0.15, 0.2) is 74.1 Å². The molecule has 0 spiro atoms. The van der Waals surface area contributed by atoms with Crippen LogP contribution < -0.4 is 5.32 Å². The van der Waals surface area contributed by atoms with Crippen molar-refractivity contribution in [3.05, 3.63) is 85.5 Å². The summed E-state index contributed by atoms with van der Waals surface area (Å²) in [6.45, 7) is 8.91. The molecule has 0 unspecified atom stereocenters. The predicted molar refractivity (Wildman–Crippen MR) is 117 cm³/mol. The van der Waals surface area contributed by atoms with Crippen LogP contribution in [0.2, 0.25) is 0 Å². The van der Waals surface area contributed by atoms with Gasteiger partial charge in [-0.05, 0) is 24.3 Å². The summed E-state index contributed by atoms with van der Waals surface area (Å²) in [5.41, 5.74) is 2.26. The quantitative estimate of drug-likeness (QED) is 0.528. The summed E-state index contributed by atoms with van der Waals surface area (Å²) >= 11 is 0. The minimum atomic E-state index is -0.167.